The van der Waals surface area contributed by atoms with Gasteiger partial charge in [-0.25, -0.2) is 0 Å². The molecule has 0 aliphatic carbocycles. The average Bonchev–Trinajstić information content (AvgIpc) is 2.09. The van der Waals surface area contributed by atoms with Crippen LogP contribution in [0.25, 0.3) is 0 Å². The third kappa shape index (κ3) is 10.4. The summed E-state index contributed by atoms with van der Waals surface area (Å²) in [6, 6.07) is 1.28. The van der Waals surface area contributed by atoms with Gasteiger partial charge in [0.05, 0.1) is 0 Å². The van der Waals surface area contributed by atoms with Gasteiger partial charge in [0.1, 0.15) is 7.22 Å². The van der Waals surface area contributed by atoms with Gasteiger partial charge in [-0.3, -0.25) is 0 Å². The Kier molecular flexibility index (Phi) is 7.08. The molecule has 17 heavy (non-hydrogen) atoms. The van der Waals surface area contributed by atoms with Crippen molar-refractivity contribution in [1.82, 2.24) is 0 Å². The van der Waals surface area contributed by atoms with E-state index >= 15 is 0 Å². The molecular weight excluding hydrogens is 260 g/mol. The van der Waals surface area contributed by atoms with Crippen LogP contribution in [0.2, 0.25) is 38.8 Å². The molecule has 0 aliphatic heterocycles. The molecule has 0 amide bonds. The molecule has 0 unspecified atom stereocenters. The van der Waals surface area contributed by atoms with Gasteiger partial charge < -0.3 is 4.43 Å². The summed E-state index contributed by atoms with van der Waals surface area (Å²) in [6.07, 6.45) is 1.14. The molecule has 0 fully saturated rings. The van der Waals surface area contributed by atoms with Crippen molar-refractivity contribution in [1.29, 1.82) is 0 Å². The zero-order chi connectivity index (χ0) is 13.7. The summed E-state index contributed by atoms with van der Waals surface area (Å²) < 4.78 is 6.09. The lowest BCUT2D eigenvalue weighted by atomic mass is 10.00. The van der Waals surface area contributed by atoms with Crippen molar-refractivity contribution in [2.45, 2.75) is 66.0 Å². The van der Waals surface area contributed by atoms with Gasteiger partial charge in [-0.2, -0.15) is 11.2 Å². The van der Waals surface area contributed by atoms with Crippen LogP contribution in [-0.4, -0.2) is 27.9 Å². The first-order valence-corrected chi connectivity index (χ1v) is 15.1. The second kappa shape index (κ2) is 6.78. The van der Waals surface area contributed by atoms with Crippen LogP contribution in [-0.2, 0) is 4.43 Å². The van der Waals surface area contributed by atoms with Gasteiger partial charge in [0, 0.05) is 6.61 Å². The molecule has 0 aromatic carbocycles. The third-order valence-corrected chi connectivity index (χ3v) is 10.1. The predicted octanol–water partition coefficient (Wildman–Crippen LogP) is 5.21. The highest BCUT2D eigenvalue weighted by Crippen LogP contribution is 2.35. The van der Waals surface area contributed by atoms with E-state index in [1.54, 1.807) is 0 Å². The summed E-state index contributed by atoms with van der Waals surface area (Å²) in [5.74, 6) is 1.29. The van der Waals surface area contributed by atoms with Crippen molar-refractivity contribution in [3.8, 4) is 0 Å². The standard InChI is InChI=1S/C13H32OSSi2/c1-9-10-14-17(7,8)12-13(2,3)11-15-16(4,5)6/h9-12H2,1-8H3. The summed E-state index contributed by atoms with van der Waals surface area (Å²) in [5, 5.41) is 0. The van der Waals surface area contributed by atoms with Crippen LogP contribution >= 0.6 is 11.2 Å². The first kappa shape index (κ1) is 17.7. The minimum absolute atomic E-state index is 0.425. The Labute approximate surface area is 115 Å². The minimum atomic E-state index is -1.45. The quantitative estimate of drug-likeness (QED) is 0.568. The highest BCUT2D eigenvalue weighted by atomic mass is 32.4. The van der Waals surface area contributed by atoms with Crippen LogP contribution in [0, 0.1) is 5.41 Å². The van der Waals surface area contributed by atoms with Crippen LogP contribution in [0.15, 0.2) is 0 Å². The van der Waals surface area contributed by atoms with Gasteiger partial charge in [0.15, 0.2) is 8.32 Å². The fourth-order valence-electron chi connectivity index (χ4n) is 2.04. The Hall–Kier alpha value is 0.744. The minimum Gasteiger partial charge on any atom is -0.417 e. The van der Waals surface area contributed by atoms with Crippen molar-refractivity contribution < 1.29 is 4.43 Å². The van der Waals surface area contributed by atoms with Crippen molar-refractivity contribution >= 4 is 26.8 Å². The molecular formula is C13H32OSSi2. The van der Waals surface area contributed by atoms with Gasteiger partial charge in [-0.1, -0.05) is 40.4 Å². The second-order valence-corrected chi connectivity index (χ2v) is 20.9. The van der Waals surface area contributed by atoms with Crippen molar-refractivity contribution in [2.75, 3.05) is 12.4 Å². The van der Waals surface area contributed by atoms with Crippen LogP contribution in [0.4, 0.5) is 0 Å². The summed E-state index contributed by atoms with van der Waals surface area (Å²) >= 11 is 2.21. The van der Waals surface area contributed by atoms with E-state index in [-0.39, 0.29) is 0 Å². The molecule has 0 aromatic heterocycles. The molecule has 0 N–H and O–H groups in total. The monoisotopic (exact) mass is 292 g/mol. The SMILES string of the molecule is CCCO[Si](C)(C)CC(C)(C)CS[Si](C)(C)C. The molecule has 0 aromatic rings. The third-order valence-electron chi connectivity index (χ3n) is 2.50. The maximum atomic E-state index is 6.09. The normalized spacial score (nSPS) is 14.1. The highest BCUT2D eigenvalue weighted by molar-refractivity contribution is 8.28. The van der Waals surface area contributed by atoms with Crippen LogP contribution < -0.4 is 0 Å². The van der Waals surface area contributed by atoms with E-state index < -0.39 is 15.5 Å². The fraction of sp³-hybridized carbons (Fsp3) is 1.00. The summed E-state index contributed by atoms with van der Waals surface area (Å²) in [6.45, 7) is 20.0. The lowest BCUT2D eigenvalue weighted by Crippen LogP contribution is -2.37. The Balaban J connectivity index is 4.23. The zero-order valence-electron chi connectivity index (χ0n) is 13.1. The molecule has 0 rings (SSSR count). The molecule has 0 radical (unpaired) electrons. The van der Waals surface area contributed by atoms with Gasteiger partial charge in [0.2, 0.25) is 0 Å². The van der Waals surface area contributed by atoms with Crippen LogP contribution in [0.5, 0.6) is 0 Å². The Bertz CT molecular complexity index is 222. The van der Waals surface area contributed by atoms with E-state index in [2.05, 4.69) is 64.7 Å². The van der Waals surface area contributed by atoms with E-state index in [4.69, 9.17) is 4.43 Å². The smallest absolute Gasteiger partial charge is 0.187 e. The maximum Gasteiger partial charge on any atom is 0.187 e. The van der Waals surface area contributed by atoms with Gasteiger partial charge >= 0.3 is 0 Å². The van der Waals surface area contributed by atoms with Crippen molar-refractivity contribution in [3.05, 3.63) is 0 Å². The molecule has 0 spiro atoms. The molecule has 1 nitrogen and oxygen atoms in total. The van der Waals surface area contributed by atoms with Gasteiger partial charge in [-0.15, -0.1) is 0 Å². The molecule has 0 bridgehead atoms. The van der Waals surface area contributed by atoms with E-state index in [1.807, 2.05) is 0 Å². The first-order chi connectivity index (χ1) is 7.47. The molecule has 0 aliphatic rings. The van der Waals surface area contributed by atoms with Crippen LogP contribution in [0.1, 0.15) is 27.2 Å². The summed E-state index contributed by atoms with van der Waals surface area (Å²) in [7, 11) is -2.43. The van der Waals surface area contributed by atoms with Gasteiger partial charge in [0.25, 0.3) is 0 Å². The lowest BCUT2D eigenvalue weighted by Gasteiger charge is -2.34. The predicted molar refractivity (Wildman–Crippen MR) is 88.1 cm³/mol. The van der Waals surface area contributed by atoms with E-state index in [0.717, 1.165) is 13.0 Å². The summed E-state index contributed by atoms with van der Waals surface area (Å²) in [5.41, 5.74) is 0.425. The van der Waals surface area contributed by atoms with Gasteiger partial charge in [-0.05, 0) is 36.7 Å². The largest absolute Gasteiger partial charge is 0.417 e. The zero-order valence-corrected chi connectivity index (χ0v) is 16.0. The molecule has 0 heterocycles. The molecule has 0 saturated heterocycles. The Morgan fingerprint density at radius 3 is 2.00 bits per heavy atom. The van der Waals surface area contributed by atoms with Crippen molar-refractivity contribution in [2.24, 2.45) is 5.41 Å². The van der Waals surface area contributed by atoms with E-state index in [9.17, 15) is 0 Å². The molecule has 0 atom stereocenters. The summed E-state index contributed by atoms with van der Waals surface area (Å²) in [4.78, 5) is 0. The topological polar surface area (TPSA) is 9.23 Å². The lowest BCUT2D eigenvalue weighted by molar-refractivity contribution is 0.292. The molecule has 4 heteroatoms. The number of hydrogen-bond acceptors (Lipinski definition) is 2. The Morgan fingerprint density at radius 2 is 1.59 bits per heavy atom. The molecule has 104 valence electrons. The van der Waals surface area contributed by atoms with E-state index in [0.29, 0.717) is 5.41 Å². The van der Waals surface area contributed by atoms with Crippen molar-refractivity contribution in [3.63, 3.8) is 0 Å². The average molecular weight is 293 g/mol. The fourth-order valence-corrected chi connectivity index (χ4v) is 8.91. The van der Waals surface area contributed by atoms with E-state index in [1.165, 1.54) is 11.8 Å². The number of hydrogen-bond donors (Lipinski definition) is 0. The second-order valence-electron chi connectivity index (χ2n) is 7.35. The highest BCUT2D eigenvalue weighted by Gasteiger charge is 2.32. The Morgan fingerprint density at radius 1 is 1.06 bits per heavy atom. The molecule has 0 saturated carbocycles. The van der Waals surface area contributed by atoms with Crippen LogP contribution in [0.3, 0.4) is 0 Å². The first-order valence-electron chi connectivity index (χ1n) is 6.75. The number of rotatable bonds is 8. The maximum absolute atomic E-state index is 6.09.